The molecular formula is C46H37N. The molecule has 0 aromatic heterocycles. The summed E-state index contributed by atoms with van der Waals surface area (Å²) in [4.78, 5) is 2.59. The molecule has 7 aromatic carbocycles. The Morgan fingerprint density at radius 3 is 1.72 bits per heavy atom. The number of hydrogen-bond donors (Lipinski definition) is 0. The van der Waals surface area contributed by atoms with Crippen LogP contribution in [0.3, 0.4) is 0 Å². The first-order valence-electron chi connectivity index (χ1n) is 16.7. The Hall–Kier alpha value is -5.40. The minimum absolute atomic E-state index is 0.105. The number of para-hydroxylation sites is 1. The smallest absolute Gasteiger partial charge is 0.0550 e. The van der Waals surface area contributed by atoms with Gasteiger partial charge in [-0.25, -0.2) is 0 Å². The first-order valence-corrected chi connectivity index (χ1v) is 16.7. The Morgan fingerprint density at radius 2 is 0.957 bits per heavy atom. The van der Waals surface area contributed by atoms with E-state index >= 15 is 0 Å². The summed E-state index contributed by atoms with van der Waals surface area (Å²) in [6.07, 6.45) is 0. The van der Waals surface area contributed by atoms with Crippen LogP contribution in [-0.4, -0.2) is 0 Å². The van der Waals surface area contributed by atoms with Gasteiger partial charge in [-0.2, -0.15) is 0 Å². The second-order valence-electron chi connectivity index (χ2n) is 14.1. The maximum Gasteiger partial charge on any atom is 0.0550 e. The molecule has 0 saturated carbocycles. The highest BCUT2D eigenvalue weighted by atomic mass is 15.2. The fraction of sp³-hybridized carbons (Fsp3) is 0.130. The molecule has 0 N–H and O–H groups in total. The van der Waals surface area contributed by atoms with Gasteiger partial charge in [-0.15, -0.1) is 0 Å². The van der Waals surface area contributed by atoms with Crippen molar-refractivity contribution in [3.63, 3.8) is 0 Å². The summed E-state index contributed by atoms with van der Waals surface area (Å²) < 4.78 is 0. The van der Waals surface area contributed by atoms with Gasteiger partial charge in [-0.05, 0) is 67.9 Å². The van der Waals surface area contributed by atoms with E-state index in [4.69, 9.17) is 0 Å². The normalized spacial score (nSPS) is 14.7. The predicted octanol–water partition coefficient (Wildman–Crippen LogP) is 12.6. The van der Waals surface area contributed by atoms with Crippen LogP contribution >= 0.6 is 0 Å². The van der Waals surface area contributed by atoms with Gasteiger partial charge in [-0.1, -0.05) is 161 Å². The average molecular weight is 604 g/mol. The summed E-state index contributed by atoms with van der Waals surface area (Å²) in [6.45, 7) is 9.54. The van der Waals surface area contributed by atoms with Crippen molar-refractivity contribution in [2.75, 3.05) is 4.90 Å². The lowest BCUT2D eigenvalue weighted by atomic mass is 9.80. The average Bonchev–Trinajstić information content (AvgIpc) is 3.50. The predicted molar refractivity (Wildman–Crippen MR) is 199 cm³/mol. The summed E-state index contributed by atoms with van der Waals surface area (Å²) in [5.74, 6) is 0. The molecule has 0 saturated heterocycles. The molecule has 1 heteroatoms. The zero-order valence-electron chi connectivity index (χ0n) is 27.4. The van der Waals surface area contributed by atoms with Crippen molar-refractivity contribution < 1.29 is 0 Å². The molecule has 1 nitrogen and oxygen atoms in total. The minimum atomic E-state index is -0.153. The molecule has 0 atom stereocenters. The maximum atomic E-state index is 2.59. The molecule has 0 bridgehead atoms. The van der Waals surface area contributed by atoms with E-state index in [9.17, 15) is 0 Å². The fourth-order valence-electron chi connectivity index (χ4n) is 8.65. The fourth-order valence-corrected chi connectivity index (χ4v) is 8.65. The van der Waals surface area contributed by atoms with Crippen LogP contribution in [0.1, 0.15) is 49.9 Å². The maximum absolute atomic E-state index is 2.59. The highest BCUT2D eigenvalue weighted by molar-refractivity contribution is 6.08. The van der Waals surface area contributed by atoms with E-state index in [-0.39, 0.29) is 10.8 Å². The second kappa shape index (κ2) is 10.0. The first-order chi connectivity index (χ1) is 22.9. The van der Waals surface area contributed by atoms with Gasteiger partial charge in [-0.3, -0.25) is 0 Å². The molecule has 2 aliphatic carbocycles. The highest BCUT2D eigenvalue weighted by Gasteiger charge is 2.42. The molecule has 226 valence electrons. The summed E-state index contributed by atoms with van der Waals surface area (Å²) in [7, 11) is 0. The van der Waals surface area contributed by atoms with Crippen LogP contribution in [0, 0.1) is 0 Å². The molecule has 0 fully saturated rings. The molecule has 0 unspecified atom stereocenters. The van der Waals surface area contributed by atoms with E-state index in [1.165, 1.54) is 83.5 Å². The van der Waals surface area contributed by atoms with Crippen LogP contribution in [-0.2, 0) is 10.8 Å². The SMILES string of the molecule is CC1(C)c2ccccc2-c2c(N(c3ccccc3-c3ccccc3)c3cc4ccccc4c4c3-c3ccccc3C4(C)C)cccc21. The number of anilines is 3. The van der Waals surface area contributed by atoms with E-state index in [0.717, 1.165) is 0 Å². The molecule has 7 aromatic rings. The van der Waals surface area contributed by atoms with Crippen LogP contribution in [0.15, 0.2) is 152 Å². The van der Waals surface area contributed by atoms with Gasteiger partial charge in [0.2, 0.25) is 0 Å². The van der Waals surface area contributed by atoms with Crippen molar-refractivity contribution in [1.29, 1.82) is 0 Å². The highest BCUT2D eigenvalue weighted by Crippen LogP contribution is 2.60. The van der Waals surface area contributed by atoms with Gasteiger partial charge < -0.3 is 4.90 Å². The van der Waals surface area contributed by atoms with Crippen molar-refractivity contribution in [3.05, 3.63) is 174 Å². The third-order valence-electron chi connectivity index (χ3n) is 10.8. The molecule has 0 radical (unpaired) electrons. The molecular weight excluding hydrogens is 567 g/mol. The van der Waals surface area contributed by atoms with E-state index in [2.05, 4.69) is 184 Å². The van der Waals surface area contributed by atoms with Crippen molar-refractivity contribution >= 4 is 27.8 Å². The van der Waals surface area contributed by atoms with Gasteiger partial charge in [0.15, 0.2) is 0 Å². The van der Waals surface area contributed by atoms with E-state index in [0.29, 0.717) is 0 Å². The van der Waals surface area contributed by atoms with Crippen molar-refractivity contribution in [1.82, 2.24) is 0 Å². The zero-order chi connectivity index (χ0) is 31.9. The minimum Gasteiger partial charge on any atom is -0.309 e. The summed E-state index contributed by atoms with van der Waals surface area (Å²) >= 11 is 0. The number of nitrogens with zero attached hydrogens (tertiary/aromatic N) is 1. The van der Waals surface area contributed by atoms with Crippen LogP contribution in [0.25, 0.3) is 44.2 Å². The Balaban J connectivity index is 1.46. The van der Waals surface area contributed by atoms with Gasteiger partial charge in [0.1, 0.15) is 0 Å². The number of benzene rings is 7. The van der Waals surface area contributed by atoms with Gasteiger partial charge in [0, 0.05) is 27.5 Å². The van der Waals surface area contributed by atoms with Gasteiger partial charge in [0.05, 0.1) is 17.1 Å². The van der Waals surface area contributed by atoms with E-state index < -0.39 is 0 Å². The number of rotatable bonds is 4. The van der Waals surface area contributed by atoms with E-state index in [1.54, 1.807) is 0 Å². The Kier molecular flexibility index (Phi) is 5.96. The first kappa shape index (κ1) is 27.9. The van der Waals surface area contributed by atoms with Crippen LogP contribution < -0.4 is 4.90 Å². The molecule has 2 aliphatic rings. The molecule has 0 heterocycles. The summed E-state index contributed by atoms with van der Waals surface area (Å²) in [6, 6.07) is 56.2. The summed E-state index contributed by atoms with van der Waals surface area (Å²) in [5, 5.41) is 2.59. The quantitative estimate of drug-likeness (QED) is 0.193. The molecule has 0 aliphatic heterocycles. The number of fused-ring (bicyclic) bond motifs is 8. The van der Waals surface area contributed by atoms with Gasteiger partial charge in [0.25, 0.3) is 0 Å². The lowest BCUT2D eigenvalue weighted by Gasteiger charge is -2.33. The summed E-state index contributed by atoms with van der Waals surface area (Å²) in [5.41, 5.74) is 16.6. The van der Waals surface area contributed by atoms with Gasteiger partial charge >= 0.3 is 0 Å². The van der Waals surface area contributed by atoms with E-state index in [1.807, 2.05) is 0 Å². The van der Waals surface area contributed by atoms with Crippen LogP contribution in [0.2, 0.25) is 0 Å². The Morgan fingerprint density at radius 1 is 0.404 bits per heavy atom. The topological polar surface area (TPSA) is 3.24 Å². The third-order valence-corrected chi connectivity index (χ3v) is 10.8. The second-order valence-corrected chi connectivity index (χ2v) is 14.1. The van der Waals surface area contributed by atoms with Crippen molar-refractivity contribution in [2.45, 2.75) is 38.5 Å². The van der Waals surface area contributed by atoms with Crippen LogP contribution in [0.4, 0.5) is 17.1 Å². The third kappa shape index (κ3) is 3.90. The number of hydrogen-bond acceptors (Lipinski definition) is 1. The molecule has 47 heavy (non-hydrogen) atoms. The Bertz CT molecular complexity index is 2360. The standard InChI is InChI=1S/C46H37N/c1-45(2)36-24-13-10-22-34(36)42-38(45)26-16-28-40(42)47(39-27-15-12-20-32(39)30-17-6-5-7-18-30)41-29-31-19-8-9-21-33(31)44-43(41)35-23-11-14-25-37(35)46(44,3)4/h5-29H,1-4H3. The molecule has 9 rings (SSSR count). The van der Waals surface area contributed by atoms with Crippen molar-refractivity contribution in [2.24, 2.45) is 0 Å². The largest absolute Gasteiger partial charge is 0.309 e. The monoisotopic (exact) mass is 603 g/mol. The molecule has 0 spiro atoms. The zero-order valence-corrected chi connectivity index (χ0v) is 27.4. The lowest BCUT2D eigenvalue weighted by Crippen LogP contribution is -2.18. The van der Waals surface area contributed by atoms with Crippen molar-refractivity contribution in [3.8, 4) is 33.4 Å². The lowest BCUT2D eigenvalue weighted by molar-refractivity contribution is 0.660. The molecule has 0 amide bonds. The van der Waals surface area contributed by atoms with Crippen LogP contribution in [0.5, 0.6) is 0 Å². The Labute approximate surface area is 277 Å².